The molecule has 0 radical (unpaired) electrons. The Balaban J connectivity index is 0.00000242. The number of rotatable bonds is 5. The first-order chi connectivity index (χ1) is 10.1. The number of carbonyl (C=O) groups excluding carboxylic acids is 2. The molecule has 6 heteroatoms. The van der Waals surface area contributed by atoms with E-state index in [1.54, 1.807) is 4.90 Å². The van der Waals surface area contributed by atoms with Gasteiger partial charge in [-0.2, -0.15) is 0 Å². The van der Waals surface area contributed by atoms with Gasteiger partial charge >= 0.3 is 0 Å². The van der Waals surface area contributed by atoms with Crippen LogP contribution in [-0.4, -0.2) is 35.8 Å². The van der Waals surface area contributed by atoms with Crippen LogP contribution in [0.1, 0.15) is 37.8 Å². The van der Waals surface area contributed by atoms with Gasteiger partial charge in [-0.1, -0.05) is 30.3 Å². The van der Waals surface area contributed by atoms with Gasteiger partial charge in [0.15, 0.2) is 0 Å². The highest BCUT2D eigenvalue weighted by Gasteiger charge is 2.32. The van der Waals surface area contributed by atoms with Gasteiger partial charge in [0.1, 0.15) is 6.04 Å². The number of hydrogen-bond acceptors (Lipinski definition) is 3. The molecule has 122 valence electrons. The number of piperidine rings is 1. The zero-order valence-electron chi connectivity index (χ0n) is 12.8. The largest absolute Gasteiger partial charge is 0.350 e. The van der Waals surface area contributed by atoms with E-state index in [0.29, 0.717) is 19.5 Å². The molecule has 0 saturated carbocycles. The lowest BCUT2D eigenvalue weighted by Crippen LogP contribution is -2.48. The van der Waals surface area contributed by atoms with Crippen molar-refractivity contribution in [1.82, 2.24) is 10.2 Å². The maximum atomic E-state index is 12.6. The van der Waals surface area contributed by atoms with Crippen LogP contribution >= 0.6 is 12.4 Å². The fourth-order valence-electron chi connectivity index (χ4n) is 2.59. The number of nitrogens with two attached hydrogens (primary N) is 1. The lowest BCUT2D eigenvalue weighted by molar-refractivity contribution is -0.143. The van der Waals surface area contributed by atoms with Gasteiger partial charge in [0.2, 0.25) is 11.8 Å². The summed E-state index contributed by atoms with van der Waals surface area (Å²) in [7, 11) is 0. The summed E-state index contributed by atoms with van der Waals surface area (Å²) < 4.78 is 0. The molecule has 0 aliphatic carbocycles. The topological polar surface area (TPSA) is 75.4 Å². The van der Waals surface area contributed by atoms with Crippen molar-refractivity contribution in [3.8, 4) is 0 Å². The second kappa shape index (κ2) is 8.76. The van der Waals surface area contributed by atoms with E-state index in [1.807, 2.05) is 37.3 Å². The van der Waals surface area contributed by atoms with Crippen LogP contribution in [0.3, 0.4) is 0 Å². The molecule has 1 aromatic rings. The van der Waals surface area contributed by atoms with E-state index < -0.39 is 6.04 Å². The third kappa shape index (κ3) is 4.45. The smallest absolute Gasteiger partial charge is 0.247 e. The highest BCUT2D eigenvalue weighted by molar-refractivity contribution is 5.89. The molecule has 1 saturated heterocycles. The zero-order valence-corrected chi connectivity index (χ0v) is 13.6. The predicted octanol–water partition coefficient (Wildman–Crippen LogP) is 1.63. The van der Waals surface area contributed by atoms with E-state index in [2.05, 4.69) is 5.32 Å². The number of likely N-dealkylation sites (tertiary alicyclic amines) is 1. The second-order valence-electron chi connectivity index (χ2n) is 5.50. The molecule has 1 fully saturated rings. The Bertz CT molecular complexity index is 495. The number of carbonyl (C=O) groups is 2. The molecule has 5 nitrogen and oxygen atoms in total. The lowest BCUT2D eigenvalue weighted by Gasteiger charge is -2.34. The van der Waals surface area contributed by atoms with Gasteiger partial charge in [0, 0.05) is 25.6 Å². The summed E-state index contributed by atoms with van der Waals surface area (Å²) in [6.45, 7) is 2.86. The van der Waals surface area contributed by atoms with Gasteiger partial charge < -0.3 is 16.0 Å². The average Bonchev–Trinajstić information content (AvgIpc) is 2.50. The van der Waals surface area contributed by atoms with Gasteiger partial charge in [-0.15, -0.1) is 12.4 Å². The molecular formula is C16H24ClN3O2. The van der Waals surface area contributed by atoms with Crippen molar-refractivity contribution >= 4 is 24.2 Å². The van der Waals surface area contributed by atoms with Crippen LogP contribution in [-0.2, 0) is 9.59 Å². The fraction of sp³-hybridized carbons (Fsp3) is 0.500. The molecule has 0 aromatic heterocycles. The van der Waals surface area contributed by atoms with E-state index in [-0.39, 0.29) is 30.3 Å². The number of amides is 2. The molecule has 2 atom stereocenters. The monoisotopic (exact) mass is 325 g/mol. The second-order valence-corrected chi connectivity index (χ2v) is 5.50. The summed E-state index contributed by atoms with van der Waals surface area (Å²) in [6.07, 6.45) is 2.36. The average molecular weight is 326 g/mol. The van der Waals surface area contributed by atoms with Crippen LogP contribution in [0.2, 0.25) is 0 Å². The summed E-state index contributed by atoms with van der Waals surface area (Å²) in [4.78, 5) is 26.5. The maximum absolute atomic E-state index is 12.6. The Morgan fingerprint density at radius 2 is 2.00 bits per heavy atom. The Hall–Kier alpha value is -1.59. The summed E-state index contributed by atoms with van der Waals surface area (Å²) in [5, 5.41) is 2.89. The van der Waals surface area contributed by atoms with E-state index in [9.17, 15) is 9.59 Å². The quantitative estimate of drug-likeness (QED) is 0.864. The summed E-state index contributed by atoms with van der Waals surface area (Å²) in [6, 6.07) is 8.78. The van der Waals surface area contributed by atoms with Crippen molar-refractivity contribution in [2.24, 2.45) is 5.73 Å². The van der Waals surface area contributed by atoms with Crippen molar-refractivity contribution in [1.29, 1.82) is 0 Å². The SMILES string of the molecule is C[C@@H](CN)NC(=O)C(c1ccccc1)N1CCCCC1=O.Cl. The van der Waals surface area contributed by atoms with Crippen molar-refractivity contribution in [2.75, 3.05) is 13.1 Å². The first-order valence-corrected chi connectivity index (χ1v) is 7.48. The van der Waals surface area contributed by atoms with Crippen molar-refractivity contribution in [2.45, 2.75) is 38.3 Å². The minimum Gasteiger partial charge on any atom is -0.350 e. The molecule has 1 aromatic carbocycles. The third-order valence-corrected chi connectivity index (χ3v) is 3.78. The standard InChI is InChI=1S/C16H23N3O2.ClH/c1-12(11-17)18-16(21)15(13-7-3-2-4-8-13)19-10-6-5-9-14(19)20;/h2-4,7-8,12,15H,5-6,9-11,17H2,1H3,(H,18,21);1H/t12-,15?;/m0./s1. The molecule has 2 amide bonds. The minimum absolute atomic E-state index is 0. The van der Waals surface area contributed by atoms with Crippen LogP contribution in [0.25, 0.3) is 0 Å². The number of benzene rings is 1. The van der Waals surface area contributed by atoms with E-state index >= 15 is 0 Å². The van der Waals surface area contributed by atoms with Crippen molar-refractivity contribution in [3.63, 3.8) is 0 Å². The van der Waals surface area contributed by atoms with E-state index in [1.165, 1.54) is 0 Å². The normalized spacial score (nSPS) is 17.4. The highest BCUT2D eigenvalue weighted by atomic mass is 35.5. The van der Waals surface area contributed by atoms with Crippen LogP contribution in [0.5, 0.6) is 0 Å². The number of nitrogens with one attached hydrogen (secondary N) is 1. The molecule has 22 heavy (non-hydrogen) atoms. The summed E-state index contributed by atoms with van der Waals surface area (Å²) in [5.74, 6) is -0.111. The van der Waals surface area contributed by atoms with Crippen LogP contribution in [0.15, 0.2) is 30.3 Å². The maximum Gasteiger partial charge on any atom is 0.247 e. The molecular weight excluding hydrogens is 302 g/mol. The Kier molecular flexibility index (Phi) is 7.35. The first-order valence-electron chi connectivity index (χ1n) is 7.48. The van der Waals surface area contributed by atoms with Gasteiger partial charge in [-0.3, -0.25) is 9.59 Å². The van der Waals surface area contributed by atoms with Gasteiger partial charge in [0.25, 0.3) is 0 Å². The molecule has 0 spiro atoms. The minimum atomic E-state index is -0.562. The predicted molar refractivity (Wildman–Crippen MR) is 88.7 cm³/mol. The number of hydrogen-bond donors (Lipinski definition) is 2. The van der Waals surface area contributed by atoms with Crippen molar-refractivity contribution in [3.05, 3.63) is 35.9 Å². The number of halogens is 1. The molecule has 3 N–H and O–H groups in total. The first kappa shape index (κ1) is 18.5. The molecule has 1 aliphatic rings. The van der Waals surface area contributed by atoms with E-state index in [4.69, 9.17) is 5.73 Å². The van der Waals surface area contributed by atoms with Crippen LogP contribution < -0.4 is 11.1 Å². The molecule has 2 rings (SSSR count). The van der Waals surface area contributed by atoms with Crippen LogP contribution in [0, 0.1) is 0 Å². The lowest BCUT2D eigenvalue weighted by atomic mass is 10.00. The summed E-state index contributed by atoms with van der Waals surface area (Å²) in [5.41, 5.74) is 6.41. The summed E-state index contributed by atoms with van der Waals surface area (Å²) >= 11 is 0. The number of nitrogens with zero attached hydrogens (tertiary/aromatic N) is 1. The highest BCUT2D eigenvalue weighted by Crippen LogP contribution is 2.25. The Morgan fingerprint density at radius 3 is 2.59 bits per heavy atom. The van der Waals surface area contributed by atoms with Gasteiger partial charge in [-0.05, 0) is 25.3 Å². The van der Waals surface area contributed by atoms with Crippen molar-refractivity contribution < 1.29 is 9.59 Å². The molecule has 0 bridgehead atoms. The Morgan fingerprint density at radius 1 is 1.32 bits per heavy atom. The Labute approximate surface area is 137 Å². The van der Waals surface area contributed by atoms with E-state index in [0.717, 1.165) is 18.4 Å². The molecule has 1 unspecified atom stereocenters. The zero-order chi connectivity index (χ0) is 15.2. The van der Waals surface area contributed by atoms with Gasteiger partial charge in [0.05, 0.1) is 0 Å². The molecule has 1 heterocycles. The van der Waals surface area contributed by atoms with Gasteiger partial charge in [-0.25, -0.2) is 0 Å². The third-order valence-electron chi connectivity index (χ3n) is 3.78. The molecule has 1 aliphatic heterocycles. The van der Waals surface area contributed by atoms with Crippen LogP contribution in [0.4, 0.5) is 0 Å². The fourth-order valence-corrected chi connectivity index (χ4v) is 2.59.